The van der Waals surface area contributed by atoms with Gasteiger partial charge in [-0.25, -0.2) is 0 Å². The standard InChI is InChI=1S/C12H22N2O.ClH/c1-4-11-5-7-14(8-6-11)12(15)10(2)9-13-3;/h4,10-11,13H,1,5-9H2,2-3H3;1H. The molecule has 3 nitrogen and oxygen atoms in total. The van der Waals surface area contributed by atoms with E-state index in [9.17, 15) is 4.79 Å². The third kappa shape index (κ3) is 4.14. The van der Waals surface area contributed by atoms with E-state index in [4.69, 9.17) is 0 Å². The second-order valence-corrected chi connectivity index (χ2v) is 4.36. The first kappa shape index (κ1) is 15.5. The van der Waals surface area contributed by atoms with Crippen LogP contribution in [-0.2, 0) is 4.79 Å². The number of rotatable bonds is 4. The Morgan fingerprint density at radius 3 is 2.56 bits per heavy atom. The Hall–Kier alpha value is -0.540. The van der Waals surface area contributed by atoms with Gasteiger partial charge in [0.15, 0.2) is 0 Å². The molecule has 1 heterocycles. The molecule has 4 heteroatoms. The van der Waals surface area contributed by atoms with Crippen molar-refractivity contribution < 1.29 is 4.79 Å². The Morgan fingerprint density at radius 1 is 1.56 bits per heavy atom. The molecule has 1 amide bonds. The van der Waals surface area contributed by atoms with Crippen molar-refractivity contribution in [1.82, 2.24) is 10.2 Å². The van der Waals surface area contributed by atoms with Crippen LogP contribution in [0, 0.1) is 11.8 Å². The van der Waals surface area contributed by atoms with Crippen molar-refractivity contribution in [3.05, 3.63) is 12.7 Å². The molecule has 1 unspecified atom stereocenters. The van der Waals surface area contributed by atoms with Crippen LogP contribution in [0.5, 0.6) is 0 Å². The highest BCUT2D eigenvalue weighted by molar-refractivity contribution is 5.85. The topological polar surface area (TPSA) is 32.3 Å². The molecule has 0 aliphatic carbocycles. The molecule has 0 aromatic heterocycles. The van der Waals surface area contributed by atoms with E-state index >= 15 is 0 Å². The third-order valence-electron chi connectivity index (χ3n) is 3.12. The molecule has 1 saturated heterocycles. The number of piperidine rings is 1. The predicted molar refractivity (Wildman–Crippen MR) is 69.8 cm³/mol. The number of nitrogens with one attached hydrogen (secondary N) is 1. The van der Waals surface area contributed by atoms with Crippen molar-refractivity contribution in [2.75, 3.05) is 26.7 Å². The second-order valence-electron chi connectivity index (χ2n) is 4.36. The minimum Gasteiger partial charge on any atom is -0.342 e. The van der Waals surface area contributed by atoms with Crippen molar-refractivity contribution in [1.29, 1.82) is 0 Å². The molecule has 1 atom stereocenters. The van der Waals surface area contributed by atoms with Gasteiger partial charge in [0, 0.05) is 25.6 Å². The fraction of sp³-hybridized carbons (Fsp3) is 0.750. The number of hydrogen-bond donors (Lipinski definition) is 1. The number of halogens is 1. The molecule has 94 valence electrons. The lowest BCUT2D eigenvalue weighted by atomic mass is 9.96. The maximum Gasteiger partial charge on any atom is 0.226 e. The molecule has 0 aromatic rings. The monoisotopic (exact) mass is 246 g/mol. The van der Waals surface area contributed by atoms with Crippen LogP contribution in [0.25, 0.3) is 0 Å². The summed E-state index contributed by atoms with van der Waals surface area (Å²) in [7, 11) is 1.88. The Labute approximate surface area is 105 Å². The number of nitrogens with zero attached hydrogens (tertiary/aromatic N) is 1. The van der Waals surface area contributed by atoms with E-state index in [0.29, 0.717) is 5.92 Å². The van der Waals surface area contributed by atoms with Gasteiger partial charge in [-0.2, -0.15) is 0 Å². The van der Waals surface area contributed by atoms with Crippen molar-refractivity contribution in [3.63, 3.8) is 0 Å². The van der Waals surface area contributed by atoms with Gasteiger partial charge in [0.2, 0.25) is 5.91 Å². The van der Waals surface area contributed by atoms with E-state index in [0.717, 1.165) is 32.5 Å². The maximum absolute atomic E-state index is 11.9. The highest BCUT2D eigenvalue weighted by Gasteiger charge is 2.24. The molecule has 1 fully saturated rings. The number of likely N-dealkylation sites (tertiary alicyclic amines) is 1. The maximum atomic E-state index is 11.9. The van der Waals surface area contributed by atoms with Gasteiger partial charge < -0.3 is 10.2 Å². The van der Waals surface area contributed by atoms with Crippen molar-refractivity contribution in [2.45, 2.75) is 19.8 Å². The number of hydrogen-bond acceptors (Lipinski definition) is 2. The third-order valence-corrected chi connectivity index (χ3v) is 3.12. The summed E-state index contributed by atoms with van der Waals surface area (Å²) in [6.45, 7) is 8.34. The lowest BCUT2D eigenvalue weighted by Gasteiger charge is -2.32. The lowest BCUT2D eigenvalue weighted by molar-refractivity contribution is -0.136. The highest BCUT2D eigenvalue weighted by atomic mass is 35.5. The normalized spacial score (nSPS) is 18.8. The Morgan fingerprint density at radius 2 is 2.12 bits per heavy atom. The van der Waals surface area contributed by atoms with E-state index < -0.39 is 0 Å². The number of carbonyl (C=O) groups excluding carboxylic acids is 1. The van der Waals surface area contributed by atoms with Crippen LogP contribution >= 0.6 is 12.4 Å². The molecule has 1 rings (SSSR count). The first-order valence-electron chi connectivity index (χ1n) is 5.75. The fourth-order valence-corrected chi connectivity index (χ4v) is 2.06. The summed E-state index contributed by atoms with van der Waals surface area (Å²) in [6.07, 6.45) is 4.15. The van der Waals surface area contributed by atoms with Gasteiger partial charge in [0.05, 0.1) is 0 Å². The first-order valence-corrected chi connectivity index (χ1v) is 5.75. The van der Waals surface area contributed by atoms with Crippen LogP contribution in [0.1, 0.15) is 19.8 Å². The van der Waals surface area contributed by atoms with Crippen LogP contribution in [0.3, 0.4) is 0 Å². The van der Waals surface area contributed by atoms with Gasteiger partial charge in [0.1, 0.15) is 0 Å². The average Bonchev–Trinajstić information content (AvgIpc) is 2.28. The molecule has 1 aliphatic heterocycles. The van der Waals surface area contributed by atoms with Crippen LogP contribution in [0.15, 0.2) is 12.7 Å². The van der Waals surface area contributed by atoms with Gasteiger partial charge in [0.25, 0.3) is 0 Å². The fourth-order valence-electron chi connectivity index (χ4n) is 2.06. The van der Waals surface area contributed by atoms with Gasteiger partial charge in [-0.1, -0.05) is 13.0 Å². The van der Waals surface area contributed by atoms with E-state index in [1.165, 1.54) is 0 Å². The molecular formula is C12H23ClN2O. The Bertz CT molecular complexity index is 225. The molecule has 0 saturated carbocycles. The second kappa shape index (κ2) is 7.69. The summed E-state index contributed by atoms with van der Waals surface area (Å²) in [5.41, 5.74) is 0. The van der Waals surface area contributed by atoms with Crippen molar-refractivity contribution in [2.24, 2.45) is 11.8 Å². The van der Waals surface area contributed by atoms with Crippen molar-refractivity contribution in [3.8, 4) is 0 Å². The van der Waals surface area contributed by atoms with Gasteiger partial charge in [-0.15, -0.1) is 19.0 Å². The summed E-state index contributed by atoms with van der Waals surface area (Å²) in [5, 5.41) is 3.04. The zero-order valence-electron chi connectivity index (χ0n) is 10.2. The average molecular weight is 247 g/mol. The first-order chi connectivity index (χ1) is 7.19. The van der Waals surface area contributed by atoms with E-state index in [-0.39, 0.29) is 24.2 Å². The number of allylic oxidation sites excluding steroid dienone is 1. The summed E-state index contributed by atoms with van der Waals surface area (Å²) < 4.78 is 0. The molecule has 1 aliphatic rings. The molecule has 1 N–H and O–H groups in total. The lowest BCUT2D eigenvalue weighted by Crippen LogP contribution is -2.42. The SMILES string of the molecule is C=CC1CCN(C(=O)C(C)CNC)CC1.Cl. The Balaban J connectivity index is 0.00000225. The quantitative estimate of drug-likeness (QED) is 0.766. The van der Waals surface area contributed by atoms with Crippen LogP contribution in [0.4, 0.5) is 0 Å². The van der Waals surface area contributed by atoms with E-state index in [2.05, 4.69) is 11.9 Å². The van der Waals surface area contributed by atoms with Crippen LogP contribution in [-0.4, -0.2) is 37.5 Å². The molecule has 0 bridgehead atoms. The predicted octanol–water partition coefficient (Wildman–Crippen LogP) is 1.69. The summed E-state index contributed by atoms with van der Waals surface area (Å²) in [6, 6.07) is 0. The van der Waals surface area contributed by atoms with Crippen molar-refractivity contribution >= 4 is 18.3 Å². The molecule has 0 aromatic carbocycles. The largest absolute Gasteiger partial charge is 0.342 e. The minimum atomic E-state index is 0. The summed E-state index contributed by atoms with van der Waals surface area (Å²) >= 11 is 0. The minimum absolute atomic E-state index is 0. The Kier molecular flexibility index (Phi) is 7.43. The molecule has 0 radical (unpaired) electrons. The van der Waals surface area contributed by atoms with Crippen LogP contribution in [0.2, 0.25) is 0 Å². The zero-order chi connectivity index (χ0) is 11.3. The van der Waals surface area contributed by atoms with Gasteiger partial charge in [-0.05, 0) is 25.8 Å². The summed E-state index contributed by atoms with van der Waals surface area (Å²) in [5.74, 6) is 0.982. The van der Waals surface area contributed by atoms with E-state index in [1.807, 2.05) is 24.9 Å². The van der Waals surface area contributed by atoms with Gasteiger partial charge >= 0.3 is 0 Å². The number of amides is 1. The van der Waals surface area contributed by atoms with E-state index in [1.54, 1.807) is 0 Å². The number of carbonyl (C=O) groups is 1. The molecule has 16 heavy (non-hydrogen) atoms. The molecular weight excluding hydrogens is 224 g/mol. The smallest absolute Gasteiger partial charge is 0.226 e. The summed E-state index contributed by atoms with van der Waals surface area (Å²) in [4.78, 5) is 13.9. The molecule has 0 spiro atoms. The highest BCUT2D eigenvalue weighted by Crippen LogP contribution is 2.19. The van der Waals surface area contributed by atoms with Crippen LogP contribution < -0.4 is 5.32 Å². The van der Waals surface area contributed by atoms with Gasteiger partial charge in [-0.3, -0.25) is 4.79 Å². The zero-order valence-corrected chi connectivity index (χ0v) is 11.1.